The second kappa shape index (κ2) is 11.2. The normalized spacial score (nSPS) is 17.3. The number of halogens is 1. The molecule has 0 saturated carbocycles. The molecule has 10 heteroatoms. The maximum atomic E-state index is 13.0. The molecule has 0 spiro atoms. The zero-order valence-electron chi connectivity index (χ0n) is 19.5. The molecule has 0 radical (unpaired) electrons. The molecule has 2 aliphatic heterocycles. The number of ether oxygens (including phenoxy) is 2. The molecule has 0 aromatic heterocycles. The molecule has 184 valence electrons. The number of imide groups is 1. The maximum Gasteiger partial charge on any atom is 0.294 e. The zero-order chi connectivity index (χ0) is 24.9. The third kappa shape index (κ3) is 5.65. The summed E-state index contributed by atoms with van der Waals surface area (Å²) in [4.78, 5) is 43.6. The minimum atomic E-state index is -0.476. The Bertz CT molecular complexity index is 1150. The van der Waals surface area contributed by atoms with Gasteiger partial charge in [0.25, 0.3) is 11.1 Å². The fourth-order valence-electron chi connectivity index (χ4n) is 3.95. The minimum Gasteiger partial charge on any atom is -0.493 e. The van der Waals surface area contributed by atoms with Gasteiger partial charge in [0.05, 0.1) is 18.6 Å². The lowest BCUT2D eigenvalue weighted by Crippen LogP contribution is -2.51. The number of amides is 3. The van der Waals surface area contributed by atoms with E-state index in [0.717, 1.165) is 22.3 Å². The summed E-state index contributed by atoms with van der Waals surface area (Å²) in [6.07, 6.45) is 1.62. The summed E-state index contributed by atoms with van der Waals surface area (Å²) in [6, 6.07) is 13.5. The summed E-state index contributed by atoms with van der Waals surface area (Å²) in [5, 5.41) is -0.452. The summed E-state index contributed by atoms with van der Waals surface area (Å²) in [6.45, 7) is 4.58. The van der Waals surface area contributed by atoms with Crippen LogP contribution in [0.4, 0.5) is 10.5 Å². The monoisotopic (exact) mass is 559 g/mol. The van der Waals surface area contributed by atoms with E-state index in [4.69, 9.17) is 9.47 Å². The number of carbonyl (C=O) groups is 3. The molecule has 2 saturated heterocycles. The van der Waals surface area contributed by atoms with Gasteiger partial charge in [-0.25, -0.2) is 0 Å². The predicted molar refractivity (Wildman–Crippen MR) is 140 cm³/mol. The number of hydrogen-bond acceptors (Lipinski definition) is 7. The molecule has 4 rings (SSSR count). The third-order valence-electron chi connectivity index (χ3n) is 5.79. The van der Waals surface area contributed by atoms with Crippen LogP contribution in [0.25, 0.3) is 6.08 Å². The van der Waals surface area contributed by atoms with Gasteiger partial charge in [-0.2, -0.15) is 0 Å². The topological polar surface area (TPSA) is 79.4 Å². The molecular formula is C25H26BrN3O5S. The van der Waals surface area contributed by atoms with Gasteiger partial charge in [0.1, 0.15) is 6.54 Å². The predicted octanol–water partition coefficient (Wildman–Crippen LogP) is 4.24. The molecule has 0 N–H and O–H groups in total. The van der Waals surface area contributed by atoms with Crippen LogP contribution in [0.3, 0.4) is 0 Å². The van der Waals surface area contributed by atoms with Crippen LogP contribution >= 0.6 is 27.7 Å². The van der Waals surface area contributed by atoms with Gasteiger partial charge < -0.3 is 19.3 Å². The Morgan fingerprint density at radius 1 is 1.09 bits per heavy atom. The van der Waals surface area contributed by atoms with E-state index in [1.54, 1.807) is 23.1 Å². The SMILES string of the molecule is CCOc1cc(Br)c(/C=C2\SC(=O)N(CC(=O)N3CCN(c4ccccc4)CC3)C2=O)cc1OC. The van der Waals surface area contributed by atoms with Gasteiger partial charge in [-0.05, 0) is 54.6 Å². The van der Waals surface area contributed by atoms with Gasteiger partial charge in [0.2, 0.25) is 5.91 Å². The van der Waals surface area contributed by atoms with Crippen molar-refractivity contribution in [3.63, 3.8) is 0 Å². The number of methoxy groups -OCH3 is 1. The van der Waals surface area contributed by atoms with E-state index in [9.17, 15) is 14.4 Å². The van der Waals surface area contributed by atoms with Crippen molar-refractivity contribution in [1.82, 2.24) is 9.80 Å². The molecule has 0 aliphatic carbocycles. The Balaban J connectivity index is 1.41. The van der Waals surface area contributed by atoms with Crippen molar-refractivity contribution in [2.24, 2.45) is 0 Å². The quantitative estimate of drug-likeness (QED) is 0.469. The Kier molecular flexibility index (Phi) is 8.02. The van der Waals surface area contributed by atoms with Gasteiger partial charge in [-0.1, -0.05) is 34.1 Å². The lowest BCUT2D eigenvalue weighted by molar-refractivity contribution is -0.136. The lowest BCUT2D eigenvalue weighted by atomic mass is 10.2. The van der Waals surface area contributed by atoms with E-state index in [1.165, 1.54) is 7.11 Å². The van der Waals surface area contributed by atoms with Crippen LogP contribution < -0.4 is 14.4 Å². The fourth-order valence-corrected chi connectivity index (χ4v) is 5.22. The van der Waals surface area contributed by atoms with E-state index >= 15 is 0 Å². The Morgan fingerprint density at radius 2 is 1.80 bits per heavy atom. The zero-order valence-corrected chi connectivity index (χ0v) is 21.9. The van der Waals surface area contributed by atoms with Gasteiger partial charge >= 0.3 is 0 Å². The van der Waals surface area contributed by atoms with Crippen molar-refractivity contribution in [3.05, 3.63) is 57.4 Å². The highest BCUT2D eigenvalue weighted by atomic mass is 79.9. The number of rotatable bonds is 7. The average molecular weight is 560 g/mol. The number of carbonyl (C=O) groups excluding carboxylic acids is 3. The standard InChI is InChI=1S/C25H26BrN3O5S/c1-3-34-21-15-19(26)17(13-20(21)33-2)14-22-24(31)29(25(32)35-22)16-23(30)28-11-9-27(10-12-28)18-7-5-4-6-8-18/h4-8,13-15H,3,9-12,16H2,1-2H3/b22-14-. The van der Waals surface area contributed by atoms with Crippen molar-refractivity contribution >= 4 is 56.5 Å². The summed E-state index contributed by atoms with van der Waals surface area (Å²) in [5.41, 5.74) is 1.78. The lowest BCUT2D eigenvalue weighted by Gasteiger charge is -2.36. The second-order valence-electron chi connectivity index (χ2n) is 7.93. The van der Waals surface area contributed by atoms with Crippen molar-refractivity contribution in [1.29, 1.82) is 0 Å². The number of benzene rings is 2. The van der Waals surface area contributed by atoms with Crippen molar-refractivity contribution < 1.29 is 23.9 Å². The number of hydrogen-bond donors (Lipinski definition) is 0. The number of piperazine rings is 1. The van der Waals surface area contributed by atoms with Crippen LogP contribution in [0, 0.1) is 0 Å². The molecule has 2 aromatic rings. The van der Waals surface area contributed by atoms with Crippen LogP contribution in [0.15, 0.2) is 51.8 Å². The summed E-state index contributed by atoms with van der Waals surface area (Å²) >= 11 is 4.31. The molecule has 8 nitrogen and oxygen atoms in total. The van der Waals surface area contributed by atoms with Crippen LogP contribution in [0.1, 0.15) is 12.5 Å². The smallest absolute Gasteiger partial charge is 0.294 e. The maximum absolute atomic E-state index is 13.0. The van der Waals surface area contributed by atoms with E-state index in [2.05, 4.69) is 20.8 Å². The Labute approximate surface area is 217 Å². The number of nitrogens with zero attached hydrogens (tertiary/aromatic N) is 3. The van der Waals surface area contributed by atoms with E-state index < -0.39 is 11.1 Å². The minimum absolute atomic E-state index is 0.231. The van der Waals surface area contributed by atoms with Crippen molar-refractivity contribution in [2.75, 3.05) is 51.3 Å². The van der Waals surface area contributed by atoms with Crippen LogP contribution in [0.2, 0.25) is 0 Å². The van der Waals surface area contributed by atoms with Crippen molar-refractivity contribution in [2.45, 2.75) is 6.92 Å². The first kappa shape index (κ1) is 25.1. The summed E-state index contributed by atoms with van der Waals surface area (Å²) in [5.74, 6) is 0.386. The second-order valence-corrected chi connectivity index (χ2v) is 9.78. The number of anilines is 1. The van der Waals surface area contributed by atoms with Crippen LogP contribution in [-0.2, 0) is 9.59 Å². The van der Waals surface area contributed by atoms with E-state index in [0.29, 0.717) is 54.3 Å². The molecule has 3 amide bonds. The highest BCUT2D eigenvalue weighted by molar-refractivity contribution is 9.10. The summed E-state index contributed by atoms with van der Waals surface area (Å²) < 4.78 is 11.6. The molecule has 2 aliphatic rings. The fraction of sp³-hybridized carbons (Fsp3) is 0.320. The number of para-hydroxylation sites is 1. The molecule has 0 atom stereocenters. The van der Waals surface area contributed by atoms with Crippen molar-refractivity contribution in [3.8, 4) is 11.5 Å². The molecule has 2 aromatic carbocycles. The molecule has 35 heavy (non-hydrogen) atoms. The van der Waals surface area contributed by atoms with Crippen LogP contribution in [0.5, 0.6) is 11.5 Å². The molecule has 2 fully saturated rings. The Hall–Kier alpha value is -2.98. The molecule has 0 unspecified atom stereocenters. The summed E-state index contributed by atoms with van der Waals surface area (Å²) in [7, 11) is 1.54. The van der Waals surface area contributed by atoms with E-state index in [-0.39, 0.29) is 17.4 Å². The highest BCUT2D eigenvalue weighted by Gasteiger charge is 2.37. The largest absolute Gasteiger partial charge is 0.493 e. The van der Waals surface area contributed by atoms with Gasteiger partial charge in [-0.15, -0.1) is 0 Å². The van der Waals surface area contributed by atoms with Crippen LogP contribution in [-0.4, -0.2) is 73.3 Å². The number of thioether (sulfide) groups is 1. The molecule has 2 heterocycles. The van der Waals surface area contributed by atoms with Gasteiger partial charge in [0, 0.05) is 36.3 Å². The van der Waals surface area contributed by atoms with Gasteiger partial charge in [0.15, 0.2) is 11.5 Å². The highest BCUT2D eigenvalue weighted by Crippen LogP contribution is 2.38. The first-order valence-corrected chi connectivity index (χ1v) is 12.9. The Morgan fingerprint density at radius 3 is 2.46 bits per heavy atom. The molecular weight excluding hydrogens is 534 g/mol. The average Bonchev–Trinajstić information content (AvgIpc) is 3.13. The first-order valence-electron chi connectivity index (χ1n) is 11.2. The van der Waals surface area contributed by atoms with E-state index in [1.807, 2.05) is 37.3 Å². The first-order chi connectivity index (χ1) is 16.9. The van der Waals surface area contributed by atoms with Gasteiger partial charge in [-0.3, -0.25) is 19.3 Å². The third-order valence-corrected chi connectivity index (χ3v) is 7.38. The molecule has 0 bridgehead atoms.